The maximum atomic E-state index is 13.1. The summed E-state index contributed by atoms with van der Waals surface area (Å²) in [4.78, 5) is 9.10. The number of thiazole rings is 1. The topological polar surface area (TPSA) is 61.6 Å². The minimum Gasteiger partial charge on any atom is -0.359 e. The fourth-order valence-corrected chi connectivity index (χ4v) is 3.60. The quantitative estimate of drug-likeness (QED) is 0.452. The maximum Gasteiger partial charge on any atom is 0.136 e. The normalized spacial score (nSPS) is 11.4. The van der Waals surface area contributed by atoms with Gasteiger partial charge < -0.3 is 5.32 Å². The van der Waals surface area contributed by atoms with E-state index in [0.717, 1.165) is 27.8 Å². The first kappa shape index (κ1) is 17.8. The number of allylic oxidation sites excluding steroid dienone is 1. The second-order valence-corrected chi connectivity index (χ2v) is 7.05. The van der Waals surface area contributed by atoms with Gasteiger partial charge in [0.05, 0.1) is 16.9 Å². The molecule has 4 rings (SSSR count). The Bertz CT molecular complexity index is 1220. The van der Waals surface area contributed by atoms with Gasteiger partial charge in [-0.25, -0.2) is 9.37 Å². The number of fused-ring (bicyclic) bond motifs is 1. The van der Waals surface area contributed by atoms with Crippen molar-refractivity contribution in [2.75, 3.05) is 5.32 Å². The first-order valence-corrected chi connectivity index (χ1v) is 9.47. The number of nitrogens with one attached hydrogen (secondary N) is 1. The van der Waals surface area contributed by atoms with Gasteiger partial charge in [0.2, 0.25) is 0 Å². The molecule has 0 spiro atoms. The van der Waals surface area contributed by atoms with Crippen LogP contribution in [0.5, 0.6) is 0 Å². The average molecular weight is 386 g/mol. The van der Waals surface area contributed by atoms with Crippen LogP contribution in [0.15, 0.2) is 66.2 Å². The Hall–Kier alpha value is -3.56. The molecule has 4 nitrogen and oxygen atoms in total. The van der Waals surface area contributed by atoms with Crippen molar-refractivity contribution < 1.29 is 4.39 Å². The van der Waals surface area contributed by atoms with Crippen molar-refractivity contribution in [3.05, 3.63) is 82.7 Å². The van der Waals surface area contributed by atoms with Crippen molar-refractivity contribution in [2.24, 2.45) is 0 Å². The van der Waals surface area contributed by atoms with Gasteiger partial charge in [-0.2, -0.15) is 5.26 Å². The number of benzene rings is 2. The Kier molecular flexibility index (Phi) is 4.83. The molecule has 0 saturated carbocycles. The number of nitriles is 1. The number of para-hydroxylation sites is 1. The molecule has 136 valence electrons. The molecule has 6 heteroatoms. The third kappa shape index (κ3) is 3.61. The lowest BCUT2D eigenvalue weighted by Crippen LogP contribution is -1.94. The summed E-state index contributed by atoms with van der Waals surface area (Å²) in [5.41, 5.74) is 4.54. The predicted octanol–water partition coefficient (Wildman–Crippen LogP) is 5.78. The Morgan fingerprint density at radius 1 is 1.11 bits per heavy atom. The number of rotatable bonds is 4. The third-order valence-electron chi connectivity index (χ3n) is 4.23. The summed E-state index contributed by atoms with van der Waals surface area (Å²) < 4.78 is 13.1. The van der Waals surface area contributed by atoms with E-state index in [1.807, 2.05) is 42.6 Å². The number of halogens is 1. The Morgan fingerprint density at radius 2 is 1.93 bits per heavy atom. The molecule has 4 aromatic rings. The number of hydrogen-bond donors (Lipinski definition) is 1. The zero-order chi connectivity index (χ0) is 19.5. The molecule has 0 atom stereocenters. The molecular formula is C22H15FN4S. The van der Waals surface area contributed by atoms with Crippen LogP contribution < -0.4 is 5.32 Å². The molecule has 2 heterocycles. The van der Waals surface area contributed by atoms with Crippen molar-refractivity contribution in [1.29, 1.82) is 5.26 Å². The molecule has 2 aromatic carbocycles. The average Bonchev–Trinajstić information content (AvgIpc) is 3.19. The van der Waals surface area contributed by atoms with Crippen molar-refractivity contribution in [3.63, 3.8) is 0 Å². The highest BCUT2D eigenvalue weighted by molar-refractivity contribution is 7.11. The highest BCUT2D eigenvalue weighted by Crippen LogP contribution is 2.27. The molecule has 0 aliphatic heterocycles. The fourth-order valence-electron chi connectivity index (χ4n) is 2.80. The van der Waals surface area contributed by atoms with E-state index in [9.17, 15) is 9.65 Å². The van der Waals surface area contributed by atoms with Crippen LogP contribution in [0.3, 0.4) is 0 Å². The molecule has 0 aliphatic rings. The Morgan fingerprint density at radius 3 is 2.71 bits per heavy atom. The molecule has 2 aromatic heterocycles. The lowest BCUT2D eigenvalue weighted by molar-refractivity contribution is 0.628. The van der Waals surface area contributed by atoms with Gasteiger partial charge in [-0.1, -0.05) is 18.2 Å². The third-order valence-corrected chi connectivity index (χ3v) is 5.10. The SMILES string of the molecule is Cc1ccc2cccc(N/C=C(/C#N)c3nc(-c4ccc(F)cc4)cs3)c2n1. The minimum atomic E-state index is -0.292. The number of aryl methyl sites for hydroxylation is 1. The second-order valence-electron chi connectivity index (χ2n) is 6.19. The van der Waals surface area contributed by atoms with Crippen LogP contribution in [0, 0.1) is 24.1 Å². The van der Waals surface area contributed by atoms with Gasteiger partial charge in [-0.05, 0) is 43.3 Å². The number of pyridine rings is 1. The van der Waals surface area contributed by atoms with E-state index in [4.69, 9.17) is 0 Å². The number of anilines is 1. The lowest BCUT2D eigenvalue weighted by Gasteiger charge is -2.06. The molecule has 0 amide bonds. The minimum absolute atomic E-state index is 0.292. The van der Waals surface area contributed by atoms with E-state index in [2.05, 4.69) is 21.4 Å². The van der Waals surface area contributed by atoms with E-state index >= 15 is 0 Å². The molecule has 0 radical (unpaired) electrons. The van der Waals surface area contributed by atoms with Crippen LogP contribution in [0.1, 0.15) is 10.7 Å². The van der Waals surface area contributed by atoms with Crippen molar-refractivity contribution in [1.82, 2.24) is 9.97 Å². The van der Waals surface area contributed by atoms with Crippen LogP contribution in [-0.2, 0) is 0 Å². The summed E-state index contributed by atoms with van der Waals surface area (Å²) >= 11 is 1.37. The van der Waals surface area contributed by atoms with Crippen LogP contribution in [-0.4, -0.2) is 9.97 Å². The zero-order valence-corrected chi connectivity index (χ0v) is 15.8. The predicted molar refractivity (Wildman–Crippen MR) is 111 cm³/mol. The smallest absolute Gasteiger partial charge is 0.136 e. The number of nitrogens with zero attached hydrogens (tertiary/aromatic N) is 3. The van der Waals surface area contributed by atoms with Gasteiger partial charge in [0.1, 0.15) is 22.5 Å². The summed E-state index contributed by atoms with van der Waals surface area (Å²) in [5, 5.41) is 16.2. The van der Waals surface area contributed by atoms with Crippen LogP contribution in [0.2, 0.25) is 0 Å². The number of aromatic nitrogens is 2. The van der Waals surface area contributed by atoms with Crippen LogP contribution >= 0.6 is 11.3 Å². The summed E-state index contributed by atoms with van der Waals surface area (Å²) in [6.07, 6.45) is 1.64. The van der Waals surface area contributed by atoms with Crippen LogP contribution in [0.4, 0.5) is 10.1 Å². The second kappa shape index (κ2) is 7.59. The van der Waals surface area contributed by atoms with Crippen molar-refractivity contribution >= 4 is 33.5 Å². The van der Waals surface area contributed by atoms with Gasteiger partial charge in [-0.3, -0.25) is 4.98 Å². The van der Waals surface area contributed by atoms with Gasteiger partial charge in [-0.15, -0.1) is 11.3 Å². The van der Waals surface area contributed by atoms with Crippen molar-refractivity contribution in [3.8, 4) is 17.3 Å². The molecule has 28 heavy (non-hydrogen) atoms. The molecule has 1 N–H and O–H groups in total. The molecular weight excluding hydrogens is 371 g/mol. The lowest BCUT2D eigenvalue weighted by atomic mass is 10.1. The summed E-state index contributed by atoms with van der Waals surface area (Å²) in [6, 6.07) is 18.2. The van der Waals surface area contributed by atoms with Crippen molar-refractivity contribution in [2.45, 2.75) is 6.92 Å². The van der Waals surface area contributed by atoms with Gasteiger partial charge in [0, 0.05) is 28.2 Å². The maximum absolute atomic E-state index is 13.1. The van der Waals surface area contributed by atoms with Gasteiger partial charge in [0.15, 0.2) is 0 Å². The fraction of sp³-hybridized carbons (Fsp3) is 0.0455. The molecule has 0 fully saturated rings. The van der Waals surface area contributed by atoms with E-state index in [0.29, 0.717) is 16.3 Å². The zero-order valence-electron chi connectivity index (χ0n) is 15.0. The van der Waals surface area contributed by atoms with Gasteiger partial charge in [0.25, 0.3) is 0 Å². The van der Waals surface area contributed by atoms with E-state index < -0.39 is 0 Å². The van der Waals surface area contributed by atoms with E-state index in [1.54, 1.807) is 18.3 Å². The largest absolute Gasteiger partial charge is 0.359 e. The van der Waals surface area contributed by atoms with E-state index in [-0.39, 0.29) is 5.82 Å². The summed E-state index contributed by atoms with van der Waals surface area (Å²) in [6.45, 7) is 1.94. The first-order valence-electron chi connectivity index (χ1n) is 8.59. The van der Waals surface area contributed by atoms with E-state index in [1.165, 1.54) is 23.5 Å². The van der Waals surface area contributed by atoms with Gasteiger partial charge >= 0.3 is 0 Å². The molecule has 0 aliphatic carbocycles. The first-order chi connectivity index (χ1) is 13.6. The highest BCUT2D eigenvalue weighted by Gasteiger charge is 2.10. The number of hydrogen-bond acceptors (Lipinski definition) is 5. The Balaban J connectivity index is 1.63. The molecule has 0 saturated heterocycles. The molecule has 0 unspecified atom stereocenters. The standard InChI is InChI=1S/C22H15FN4S/c1-14-5-6-16-3-2-4-19(21(16)26-14)25-12-17(11-24)22-27-20(13-28-22)15-7-9-18(23)10-8-15/h2-10,12-13,25H,1H3/b17-12-. The van der Waals surface area contributed by atoms with Crippen LogP contribution in [0.25, 0.3) is 27.7 Å². The monoisotopic (exact) mass is 386 g/mol. The molecule has 0 bridgehead atoms. The Labute approximate surface area is 165 Å². The summed E-state index contributed by atoms with van der Waals surface area (Å²) in [7, 11) is 0. The summed E-state index contributed by atoms with van der Waals surface area (Å²) in [5.74, 6) is -0.292. The highest BCUT2D eigenvalue weighted by atomic mass is 32.1.